The molecule has 0 aliphatic carbocycles. The topological polar surface area (TPSA) is 83.1 Å². The Morgan fingerprint density at radius 2 is 1.96 bits per heavy atom. The highest BCUT2D eigenvalue weighted by Gasteiger charge is 2.19. The van der Waals surface area contributed by atoms with Crippen LogP contribution in [0, 0.1) is 0 Å². The molecule has 0 radical (unpaired) electrons. The van der Waals surface area contributed by atoms with Gasteiger partial charge in [-0.3, -0.25) is 4.79 Å². The number of ether oxygens (including phenoxy) is 4. The van der Waals surface area contributed by atoms with E-state index in [2.05, 4.69) is 5.32 Å². The highest BCUT2D eigenvalue weighted by Crippen LogP contribution is 2.34. The molecule has 27 heavy (non-hydrogen) atoms. The van der Waals surface area contributed by atoms with E-state index >= 15 is 0 Å². The van der Waals surface area contributed by atoms with Gasteiger partial charge in [-0.05, 0) is 42.8 Å². The van der Waals surface area contributed by atoms with Gasteiger partial charge in [0, 0.05) is 17.8 Å². The Labute approximate surface area is 156 Å². The van der Waals surface area contributed by atoms with Crippen LogP contribution in [0.1, 0.15) is 12.5 Å². The van der Waals surface area contributed by atoms with Crippen LogP contribution in [0.5, 0.6) is 17.2 Å². The fourth-order valence-electron chi connectivity index (χ4n) is 2.39. The summed E-state index contributed by atoms with van der Waals surface area (Å²) in [6, 6.07) is 12.2. The number of carbonyl (C=O) groups is 2. The molecule has 0 aromatic heterocycles. The molecule has 1 atom stereocenters. The van der Waals surface area contributed by atoms with Gasteiger partial charge in [-0.15, -0.1) is 0 Å². The van der Waals surface area contributed by atoms with Gasteiger partial charge in [0.25, 0.3) is 5.91 Å². The van der Waals surface area contributed by atoms with E-state index in [0.717, 1.165) is 5.56 Å². The molecule has 7 heteroatoms. The first kappa shape index (κ1) is 18.3. The van der Waals surface area contributed by atoms with Gasteiger partial charge in [0.1, 0.15) is 5.75 Å². The number of fused-ring (bicyclic) bond motifs is 1. The molecular formula is C20H19NO6. The highest BCUT2D eigenvalue weighted by atomic mass is 16.7. The summed E-state index contributed by atoms with van der Waals surface area (Å²) in [5, 5.41) is 2.67. The summed E-state index contributed by atoms with van der Waals surface area (Å²) in [6.07, 6.45) is 1.89. The normalized spacial score (nSPS) is 13.3. The van der Waals surface area contributed by atoms with Crippen LogP contribution in [0.3, 0.4) is 0 Å². The van der Waals surface area contributed by atoms with Crippen molar-refractivity contribution in [1.29, 1.82) is 0 Å². The van der Waals surface area contributed by atoms with Gasteiger partial charge in [0.15, 0.2) is 17.6 Å². The number of rotatable bonds is 6. The molecule has 1 heterocycles. The number of amides is 1. The summed E-state index contributed by atoms with van der Waals surface area (Å²) in [7, 11) is 1.57. The third-order valence-corrected chi connectivity index (χ3v) is 3.81. The quantitative estimate of drug-likeness (QED) is 0.623. The van der Waals surface area contributed by atoms with Crippen LogP contribution in [0.15, 0.2) is 48.5 Å². The van der Waals surface area contributed by atoms with Gasteiger partial charge in [-0.2, -0.15) is 0 Å². The van der Waals surface area contributed by atoms with Crippen molar-refractivity contribution in [3.63, 3.8) is 0 Å². The molecule has 2 aromatic carbocycles. The molecule has 1 aliphatic heterocycles. The predicted octanol–water partition coefficient (Wildman–Crippen LogP) is 3.01. The molecule has 140 valence electrons. The van der Waals surface area contributed by atoms with E-state index in [9.17, 15) is 9.59 Å². The number of esters is 1. The van der Waals surface area contributed by atoms with Crippen LogP contribution >= 0.6 is 0 Å². The maximum Gasteiger partial charge on any atom is 0.331 e. The molecule has 1 amide bonds. The molecule has 0 bridgehead atoms. The fourth-order valence-corrected chi connectivity index (χ4v) is 2.39. The molecule has 0 spiro atoms. The first-order valence-corrected chi connectivity index (χ1v) is 8.28. The zero-order valence-electron chi connectivity index (χ0n) is 14.9. The third kappa shape index (κ3) is 4.78. The van der Waals surface area contributed by atoms with E-state index in [1.165, 1.54) is 13.0 Å². The maximum absolute atomic E-state index is 12.2. The van der Waals surface area contributed by atoms with E-state index in [1.807, 2.05) is 12.1 Å². The summed E-state index contributed by atoms with van der Waals surface area (Å²) in [5.41, 5.74) is 1.31. The van der Waals surface area contributed by atoms with E-state index < -0.39 is 18.0 Å². The van der Waals surface area contributed by atoms with Crippen molar-refractivity contribution in [3.05, 3.63) is 54.1 Å². The first-order valence-electron chi connectivity index (χ1n) is 8.28. The Balaban J connectivity index is 1.54. The average Bonchev–Trinajstić information content (AvgIpc) is 3.14. The van der Waals surface area contributed by atoms with Crippen molar-refractivity contribution >= 4 is 23.6 Å². The minimum absolute atomic E-state index is 0.153. The second-order valence-corrected chi connectivity index (χ2v) is 5.75. The minimum atomic E-state index is -0.960. The Kier molecular flexibility index (Phi) is 5.61. The zero-order chi connectivity index (χ0) is 19.2. The Morgan fingerprint density at radius 3 is 2.78 bits per heavy atom. The van der Waals surface area contributed by atoms with E-state index in [-0.39, 0.29) is 6.79 Å². The van der Waals surface area contributed by atoms with Crippen molar-refractivity contribution in [2.45, 2.75) is 13.0 Å². The van der Waals surface area contributed by atoms with Crippen LogP contribution < -0.4 is 19.5 Å². The average molecular weight is 369 g/mol. The monoisotopic (exact) mass is 369 g/mol. The summed E-state index contributed by atoms with van der Waals surface area (Å²) in [4.78, 5) is 24.1. The number of hydrogen-bond donors (Lipinski definition) is 1. The molecule has 3 rings (SSSR count). The Morgan fingerprint density at radius 1 is 1.15 bits per heavy atom. The smallest absolute Gasteiger partial charge is 0.331 e. The SMILES string of the molecule is COc1cccc(/C=C/C(=O)O[C@@H](C)C(=O)Nc2ccc3c(c2)OCO3)c1. The zero-order valence-corrected chi connectivity index (χ0v) is 14.9. The summed E-state index contributed by atoms with van der Waals surface area (Å²) in [6.45, 7) is 1.65. The molecule has 1 aliphatic rings. The lowest BCUT2D eigenvalue weighted by Gasteiger charge is -2.12. The van der Waals surface area contributed by atoms with Crippen LogP contribution in [-0.4, -0.2) is 31.9 Å². The standard InChI is InChI=1S/C20H19NO6/c1-13(20(23)21-15-7-8-17-18(11-15)26-12-25-17)27-19(22)9-6-14-4-3-5-16(10-14)24-2/h3-11,13H,12H2,1-2H3,(H,21,23)/b9-6+/t13-/m0/s1. The molecular weight excluding hydrogens is 350 g/mol. The minimum Gasteiger partial charge on any atom is -0.497 e. The van der Waals surface area contributed by atoms with Crippen molar-refractivity contribution in [1.82, 2.24) is 0 Å². The lowest BCUT2D eigenvalue weighted by molar-refractivity contribution is -0.148. The van der Waals surface area contributed by atoms with Crippen LogP contribution in [-0.2, 0) is 14.3 Å². The van der Waals surface area contributed by atoms with E-state index in [4.69, 9.17) is 18.9 Å². The van der Waals surface area contributed by atoms with Crippen molar-refractivity contribution in [3.8, 4) is 17.2 Å². The summed E-state index contributed by atoms with van der Waals surface area (Å²) < 4.78 is 20.7. The summed E-state index contributed by atoms with van der Waals surface area (Å²) in [5.74, 6) is 0.791. The van der Waals surface area contributed by atoms with Crippen LogP contribution in [0.4, 0.5) is 5.69 Å². The molecule has 1 N–H and O–H groups in total. The van der Waals surface area contributed by atoms with Gasteiger partial charge >= 0.3 is 5.97 Å². The molecule has 0 unspecified atom stereocenters. The van der Waals surface area contributed by atoms with Crippen molar-refractivity contribution in [2.75, 3.05) is 19.2 Å². The maximum atomic E-state index is 12.2. The molecule has 0 saturated heterocycles. The number of carbonyl (C=O) groups excluding carboxylic acids is 2. The van der Waals surface area contributed by atoms with Crippen molar-refractivity contribution < 1.29 is 28.5 Å². The highest BCUT2D eigenvalue weighted by molar-refractivity contribution is 5.96. The van der Waals surface area contributed by atoms with E-state index in [1.54, 1.807) is 43.5 Å². The van der Waals surface area contributed by atoms with Gasteiger partial charge in [-0.1, -0.05) is 12.1 Å². The van der Waals surface area contributed by atoms with Gasteiger partial charge < -0.3 is 24.3 Å². The molecule has 2 aromatic rings. The first-order chi connectivity index (χ1) is 13.0. The number of hydrogen-bond acceptors (Lipinski definition) is 6. The number of nitrogens with one attached hydrogen (secondary N) is 1. The summed E-state index contributed by atoms with van der Waals surface area (Å²) >= 11 is 0. The fraction of sp³-hybridized carbons (Fsp3) is 0.200. The lowest BCUT2D eigenvalue weighted by Crippen LogP contribution is -2.29. The Bertz CT molecular complexity index is 877. The number of methoxy groups -OCH3 is 1. The lowest BCUT2D eigenvalue weighted by atomic mass is 10.2. The molecule has 7 nitrogen and oxygen atoms in total. The number of anilines is 1. The molecule has 0 saturated carbocycles. The third-order valence-electron chi connectivity index (χ3n) is 3.81. The predicted molar refractivity (Wildman–Crippen MR) is 98.8 cm³/mol. The largest absolute Gasteiger partial charge is 0.497 e. The number of benzene rings is 2. The van der Waals surface area contributed by atoms with Crippen LogP contribution in [0.25, 0.3) is 6.08 Å². The van der Waals surface area contributed by atoms with Gasteiger partial charge in [-0.25, -0.2) is 4.79 Å². The van der Waals surface area contributed by atoms with Crippen molar-refractivity contribution in [2.24, 2.45) is 0 Å². The van der Waals surface area contributed by atoms with Gasteiger partial charge in [0.05, 0.1) is 7.11 Å². The second kappa shape index (κ2) is 8.27. The Hall–Kier alpha value is -3.48. The van der Waals surface area contributed by atoms with Crippen LogP contribution in [0.2, 0.25) is 0 Å². The van der Waals surface area contributed by atoms with E-state index in [0.29, 0.717) is 22.9 Å². The van der Waals surface area contributed by atoms with Gasteiger partial charge in [0.2, 0.25) is 6.79 Å². The second-order valence-electron chi connectivity index (χ2n) is 5.75. The molecule has 0 fully saturated rings.